The molecule has 0 amide bonds. The Bertz CT molecular complexity index is 1150. The van der Waals surface area contributed by atoms with Gasteiger partial charge in [-0.15, -0.1) is 0 Å². The van der Waals surface area contributed by atoms with E-state index in [9.17, 15) is 10.1 Å². The number of rotatable bonds is 7. The minimum absolute atomic E-state index is 0.00359. The van der Waals surface area contributed by atoms with Crippen molar-refractivity contribution >= 4 is 46.3 Å². The number of anilines is 1. The van der Waals surface area contributed by atoms with Crippen LogP contribution in [0.25, 0.3) is 5.82 Å². The van der Waals surface area contributed by atoms with Crippen LogP contribution in [-0.4, -0.2) is 14.7 Å². The van der Waals surface area contributed by atoms with Gasteiger partial charge in [-0.1, -0.05) is 53.0 Å². The Morgan fingerprint density at radius 3 is 2.16 bits per heavy atom. The van der Waals surface area contributed by atoms with Crippen LogP contribution < -0.4 is 10.1 Å². The lowest BCUT2D eigenvalue weighted by molar-refractivity contribution is -0.419. The number of hydrogen-bond acceptors (Lipinski definition) is 5. The van der Waals surface area contributed by atoms with Crippen LogP contribution in [-0.2, 0) is 0 Å². The lowest BCUT2D eigenvalue weighted by Crippen LogP contribution is -2.17. The quantitative estimate of drug-likeness (QED) is 0.232. The van der Waals surface area contributed by atoms with Crippen molar-refractivity contribution in [2.45, 2.75) is 13.8 Å². The summed E-state index contributed by atoms with van der Waals surface area (Å²) in [7, 11) is 0. The van der Waals surface area contributed by atoms with Crippen molar-refractivity contribution in [2.75, 3.05) is 5.32 Å². The van der Waals surface area contributed by atoms with E-state index >= 15 is 0 Å². The van der Waals surface area contributed by atoms with E-state index in [4.69, 9.17) is 39.5 Å². The maximum absolute atomic E-state index is 11.8. The molecule has 7 nitrogen and oxygen atoms in total. The highest BCUT2D eigenvalue weighted by Gasteiger charge is 2.28. The summed E-state index contributed by atoms with van der Waals surface area (Å²) in [6, 6.07) is 18.0. The van der Waals surface area contributed by atoms with Gasteiger partial charge in [0.25, 0.3) is 0 Å². The number of nitro groups is 1. The van der Waals surface area contributed by atoms with Gasteiger partial charge in [-0.2, -0.15) is 5.10 Å². The Morgan fingerprint density at radius 2 is 1.65 bits per heavy atom. The molecule has 1 aromatic heterocycles. The Balaban J connectivity index is 2.01. The molecule has 0 aliphatic carbocycles. The molecule has 0 unspecified atom stereocenters. The average Bonchev–Trinajstić information content (AvgIpc) is 3.07. The summed E-state index contributed by atoms with van der Waals surface area (Å²) in [4.78, 5) is 11.2. The molecule has 31 heavy (non-hydrogen) atoms. The molecule has 2 aromatic carbocycles. The van der Waals surface area contributed by atoms with Crippen molar-refractivity contribution in [3.05, 3.63) is 97.4 Å². The van der Waals surface area contributed by atoms with E-state index in [0.29, 0.717) is 28.6 Å². The molecule has 0 saturated heterocycles. The number of benzene rings is 2. The molecule has 0 radical (unpaired) electrons. The number of para-hydroxylation sites is 1. The highest BCUT2D eigenvalue weighted by molar-refractivity contribution is 6.59. The molecule has 1 N–H and O–H groups in total. The lowest BCUT2D eigenvalue weighted by Gasteiger charge is -2.14. The van der Waals surface area contributed by atoms with Gasteiger partial charge in [0, 0.05) is 11.4 Å². The number of allylic oxidation sites excluding steroid dienone is 1. The van der Waals surface area contributed by atoms with E-state index in [1.54, 1.807) is 44.2 Å². The molecule has 0 bridgehead atoms. The fourth-order valence-electron chi connectivity index (χ4n) is 2.80. The zero-order valence-corrected chi connectivity index (χ0v) is 18.7. The van der Waals surface area contributed by atoms with Crippen LogP contribution >= 0.6 is 34.8 Å². The first-order valence-corrected chi connectivity index (χ1v) is 10.1. The van der Waals surface area contributed by atoms with Crippen LogP contribution in [0.5, 0.6) is 11.5 Å². The predicted molar refractivity (Wildman–Crippen MR) is 123 cm³/mol. The van der Waals surface area contributed by atoms with Gasteiger partial charge in [-0.05, 0) is 56.3 Å². The Morgan fingerprint density at radius 1 is 1.03 bits per heavy atom. The normalized spacial score (nSPS) is 11.5. The van der Waals surface area contributed by atoms with Crippen molar-refractivity contribution in [3.8, 4) is 11.5 Å². The van der Waals surface area contributed by atoms with Crippen LogP contribution in [0, 0.1) is 24.0 Å². The monoisotopic (exact) mass is 478 g/mol. The second-order valence-electron chi connectivity index (χ2n) is 6.43. The largest absolute Gasteiger partial charge is 0.457 e. The second kappa shape index (κ2) is 9.87. The van der Waals surface area contributed by atoms with Crippen LogP contribution in [0.3, 0.4) is 0 Å². The van der Waals surface area contributed by atoms with E-state index in [2.05, 4.69) is 10.4 Å². The van der Waals surface area contributed by atoms with Crippen molar-refractivity contribution in [1.82, 2.24) is 9.78 Å². The number of halogens is 3. The van der Waals surface area contributed by atoms with Crippen molar-refractivity contribution in [3.63, 3.8) is 0 Å². The number of ether oxygens (including phenoxy) is 1. The molecule has 160 valence electrons. The zero-order chi connectivity index (χ0) is 22.5. The topological polar surface area (TPSA) is 82.2 Å². The molecule has 0 spiro atoms. The highest BCUT2D eigenvalue weighted by atomic mass is 35.5. The van der Waals surface area contributed by atoms with Crippen molar-refractivity contribution in [1.29, 1.82) is 0 Å². The van der Waals surface area contributed by atoms with Crippen LogP contribution in [0.15, 0.2) is 75.9 Å². The Labute approximate surface area is 193 Å². The molecule has 0 atom stereocenters. The SMILES string of the molecule is Cc1cc(C)n(/C(Nc2ccc(Oc3ccccc3)cc2)=C(\C(Cl)=C(Cl)Cl)[N+](=O)[O-])n1. The van der Waals surface area contributed by atoms with Gasteiger partial charge in [0.05, 0.1) is 10.6 Å². The first-order chi connectivity index (χ1) is 14.8. The summed E-state index contributed by atoms with van der Waals surface area (Å²) in [6.45, 7) is 3.53. The number of nitrogens with zero attached hydrogens (tertiary/aromatic N) is 3. The molecule has 3 aromatic rings. The first-order valence-electron chi connectivity index (χ1n) is 8.99. The lowest BCUT2D eigenvalue weighted by atomic mass is 10.3. The zero-order valence-electron chi connectivity index (χ0n) is 16.5. The summed E-state index contributed by atoms with van der Waals surface area (Å²) < 4.78 is 6.72. The molecule has 0 saturated carbocycles. The van der Waals surface area contributed by atoms with Gasteiger partial charge >= 0.3 is 5.70 Å². The maximum Gasteiger partial charge on any atom is 0.332 e. The molecule has 10 heteroatoms. The average molecular weight is 480 g/mol. The maximum atomic E-state index is 11.8. The number of aryl methyl sites for hydroxylation is 2. The number of hydrogen-bond donors (Lipinski definition) is 1. The second-order valence-corrected chi connectivity index (χ2v) is 7.76. The highest BCUT2D eigenvalue weighted by Crippen LogP contribution is 2.31. The summed E-state index contributed by atoms with van der Waals surface area (Å²) in [5, 5.41) is 18.8. The minimum Gasteiger partial charge on any atom is -0.457 e. The van der Waals surface area contributed by atoms with Gasteiger partial charge in [0.1, 0.15) is 16.0 Å². The standard InChI is InChI=1S/C21H17Cl3N4O3/c1-13-12-14(2)27(26-13)21(19(28(29)30)18(22)20(23)24)25-15-8-10-17(11-9-15)31-16-6-4-3-5-7-16/h3-12,25H,1-2H3/b21-19+. The van der Waals surface area contributed by atoms with E-state index in [0.717, 1.165) is 0 Å². The fraction of sp³-hybridized carbons (Fsp3) is 0.0952. The summed E-state index contributed by atoms with van der Waals surface area (Å²) in [6.07, 6.45) is 0. The predicted octanol–water partition coefficient (Wildman–Crippen LogP) is 6.69. The van der Waals surface area contributed by atoms with Gasteiger partial charge in [-0.25, -0.2) is 4.68 Å². The van der Waals surface area contributed by atoms with Crippen molar-refractivity contribution in [2.24, 2.45) is 0 Å². The minimum atomic E-state index is -0.668. The third-order valence-corrected chi connectivity index (χ3v) is 5.04. The Kier molecular flexibility index (Phi) is 7.22. The van der Waals surface area contributed by atoms with Crippen LogP contribution in [0.2, 0.25) is 0 Å². The van der Waals surface area contributed by atoms with E-state index in [-0.39, 0.29) is 5.82 Å². The van der Waals surface area contributed by atoms with Gasteiger partial charge in [0.15, 0.2) is 5.03 Å². The van der Waals surface area contributed by atoms with Gasteiger partial charge in [-0.3, -0.25) is 10.1 Å². The molecular weight excluding hydrogens is 463 g/mol. The smallest absolute Gasteiger partial charge is 0.332 e. The molecule has 0 aliphatic heterocycles. The first kappa shape index (κ1) is 22.7. The van der Waals surface area contributed by atoms with Gasteiger partial charge < -0.3 is 10.1 Å². The molecule has 1 heterocycles. The molecular formula is C21H17Cl3N4O3. The number of nitrogens with one attached hydrogen (secondary N) is 1. The van der Waals surface area contributed by atoms with E-state index < -0.39 is 20.1 Å². The van der Waals surface area contributed by atoms with Crippen LogP contribution in [0.4, 0.5) is 5.69 Å². The van der Waals surface area contributed by atoms with Gasteiger partial charge in [0.2, 0.25) is 5.82 Å². The van der Waals surface area contributed by atoms with E-state index in [1.165, 1.54) is 4.68 Å². The molecule has 0 aliphatic rings. The number of aromatic nitrogens is 2. The third kappa shape index (κ3) is 5.58. The third-order valence-electron chi connectivity index (χ3n) is 4.10. The van der Waals surface area contributed by atoms with Crippen LogP contribution in [0.1, 0.15) is 11.4 Å². The summed E-state index contributed by atoms with van der Waals surface area (Å²) >= 11 is 17.6. The van der Waals surface area contributed by atoms with E-state index in [1.807, 2.05) is 30.3 Å². The summed E-state index contributed by atoms with van der Waals surface area (Å²) in [5.41, 5.74) is 1.34. The summed E-state index contributed by atoms with van der Waals surface area (Å²) in [5.74, 6) is 1.29. The fourth-order valence-corrected chi connectivity index (χ4v) is 3.13. The molecule has 3 rings (SSSR count). The van der Waals surface area contributed by atoms with Crippen molar-refractivity contribution < 1.29 is 9.66 Å². The Hall–Kier alpha value is -3.00. The molecule has 0 fully saturated rings.